The summed E-state index contributed by atoms with van der Waals surface area (Å²) in [6.07, 6.45) is 1.95. The third-order valence-corrected chi connectivity index (χ3v) is 2.89. The summed E-state index contributed by atoms with van der Waals surface area (Å²) >= 11 is 0. The molecule has 0 atom stereocenters. The van der Waals surface area contributed by atoms with E-state index in [4.69, 9.17) is 4.42 Å². The van der Waals surface area contributed by atoms with Gasteiger partial charge in [0.2, 0.25) is 0 Å². The summed E-state index contributed by atoms with van der Waals surface area (Å²) in [6.45, 7) is 0.269. The quantitative estimate of drug-likeness (QED) is 0.808. The molecule has 1 heterocycles. The molecule has 0 spiro atoms. The SMILES string of the molecule is CN(CCc1ccco1)C(=O)c1ccc(F)c(F)c1F. The van der Waals surface area contributed by atoms with Crippen LogP contribution in [0.25, 0.3) is 0 Å². The van der Waals surface area contributed by atoms with Gasteiger partial charge in [0.05, 0.1) is 11.8 Å². The van der Waals surface area contributed by atoms with Crippen molar-refractivity contribution in [1.29, 1.82) is 0 Å². The summed E-state index contributed by atoms with van der Waals surface area (Å²) in [7, 11) is 1.45. The van der Waals surface area contributed by atoms with E-state index >= 15 is 0 Å². The molecular weight excluding hydrogens is 271 g/mol. The van der Waals surface area contributed by atoms with E-state index < -0.39 is 28.9 Å². The molecule has 20 heavy (non-hydrogen) atoms. The highest BCUT2D eigenvalue weighted by Crippen LogP contribution is 2.16. The Kier molecular flexibility index (Phi) is 4.12. The average molecular weight is 283 g/mol. The highest BCUT2D eigenvalue weighted by molar-refractivity contribution is 5.94. The molecule has 0 bridgehead atoms. The molecule has 0 N–H and O–H groups in total. The largest absolute Gasteiger partial charge is 0.469 e. The first-order chi connectivity index (χ1) is 9.50. The topological polar surface area (TPSA) is 33.5 Å². The number of carbonyl (C=O) groups excluding carboxylic acids is 1. The maximum atomic E-state index is 13.5. The maximum Gasteiger partial charge on any atom is 0.256 e. The molecule has 2 rings (SSSR count). The first-order valence-corrected chi connectivity index (χ1v) is 5.92. The minimum absolute atomic E-state index is 0.269. The Bertz CT molecular complexity index is 611. The van der Waals surface area contributed by atoms with Crippen molar-refractivity contribution in [3.05, 3.63) is 59.3 Å². The van der Waals surface area contributed by atoms with Crippen LogP contribution in [-0.2, 0) is 6.42 Å². The van der Waals surface area contributed by atoms with Crippen LogP contribution in [0.2, 0.25) is 0 Å². The van der Waals surface area contributed by atoms with Crippen molar-refractivity contribution in [2.45, 2.75) is 6.42 Å². The molecule has 1 amide bonds. The Morgan fingerprint density at radius 1 is 1.20 bits per heavy atom. The Balaban J connectivity index is 2.09. The molecule has 1 aromatic heterocycles. The van der Waals surface area contributed by atoms with Crippen LogP contribution in [0.1, 0.15) is 16.1 Å². The van der Waals surface area contributed by atoms with Crippen molar-refractivity contribution in [2.24, 2.45) is 0 Å². The van der Waals surface area contributed by atoms with Gasteiger partial charge in [-0.05, 0) is 24.3 Å². The van der Waals surface area contributed by atoms with Gasteiger partial charge in [-0.1, -0.05) is 0 Å². The number of hydrogen-bond donors (Lipinski definition) is 0. The lowest BCUT2D eigenvalue weighted by molar-refractivity contribution is 0.0789. The Labute approximate surface area is 113 Å². The second-order valence-electron chi connectivity index (χ2n) is 4.28. The lowest BCUT2D eigenvalue weighted by Gasteiger charge is -2.17. The highest BCUT2D eigenvalue weighted by Gasteiger charge is 2.21. The molecule has 0 unspecified atom stereocenters. The number of furan rings is 1. The molecule has 0 saturated heterocycles. The zero-order chi connectivity index (χ0) is 14.7. The Morgan fingerprint density at radius 2 is 1.95 bits per heavy atom. The van der Waals surface area contributed by atoms with Crippen LogP contribution in [0, 0.1) is 17.5 Å². The van der Waals surface area contributed by atoms with Gasteiger partial charge in [-0.25, -0.2) is 13.2 Å². The van der Waals surface area contributed by atoms with E-state index in [1.807, 2.05) is 0 Å². The number of hydrogen-bond acceptors (Lipinski definition) is 2. The van der Waals surface area contributed by atoms with E-state index in [9.17, 15) is 18.0 Å². The fourth-order valence-corrected chi connectivity index (χ4v) is 1.73. The van der Waals surface area contributed by atoms with Crippen molar-refractivity contribution < 1.29 is 22.4 Å². The van der Waals surface area contributed by atoms with Gasteiger partial charge in [0.1, 0.15) is 5.76 Å². The normalized spacial score (nSPS) is 10.6. The second-order valence-corrected chi connectivity index (χ2v) is 4.28. The molecule has 0 aliphatic heterocycles. The molecule has 0 radical (unpaired) electrons. The standard InChI is InChI=1S/C14H12F3NO2/c1-18(7-6-9-3-2-8-20-9)14(19)10-4-5-11(15)13(17)12(10)16/h2-5,8H,6-7H2,1H3. The summed E-state index contributed by atoms with van der Waals surface area (Å²) in [5.41, 5.74) is -0.495. The van der Waals surface area contributed by atoms with E-state index in [1.54, 1.807) is 12.1 Å². The number of carbonyl (C=O) groups is 1. The second kappa shape index (κ2) is 5.81. The Morgan fingerprint density at radius 3 is 2.60 bits per heavy atom. The number of nitrogens with zero attached hydrogens (tertiary/aromatic N) is 1. The first kappa shape index (κ1) is 14.2. The summed E-state index contributed by atoms with van der Waals surface area (Å²) in [5.74, 6) is -4.48. The first-order valence-electron chi connectivity index (χ1n) is 5.92. The number of rotatable bonds is 4. The van der Waals surface area contributed by atoms with Crippen LogP contribution in [0.15, 0.2) is 34.9 Å². The fraction of sp³-hybridized carbons (Fsp3) is 0.214. The minimum Gasteiger partial charge on any atom is -0.469 e. The van der Waals surface area contributed by atoms with Gasteiger partial charge < -0.3 is 9.32 Å². The number of halogens is 3. The smallest absolute Gasteiger partial charge is 0.256 e. The van der Waals surface area contributed by atoms with Gasteiger partial charge in [0.25, 0.3) is 5.91 Å². The molecule has 0 fully saturated rings. The van der Waals surface area contributed by atoms with E-state index in [0.29, 0.717) is 12.2 Å². The summed E-state index contributed by atoms with van der Waals surface area (Å²) < 4.78 is 44.5. The van der Waals surface area contributed by atoms with E-state index in [0.717, 1.165) is 12.1 Å². The molecule has 0 saturated carbocycles. The third kappa shape index (κ3) is 2.84. The van der Waals surface area contributed by atoms with E-state index in [-0.39, 0.29) is 6.54 Å². The molecule has 106 valence electrons. The Hall–Kier alpha value is -2.24. The molecule has 0 aliphatic rings. The van der Waals surface area contributed by atoms with Crippen LogP contribution in [0.4, 0.5) is 13.2 Å². The van der Waals surface area contributed by atoms with Gasteiger partial charge in [-0.2, -0.15) is 0 Å². The molecular formula is C14H12F3NO2. The van der Waals surface area contributed by atoms with Crippen molar-refractivity contribution in [3.8, 4) is 0 Å². The molecule has 0 aliphatic carbocycles. The fourth-order valence-electron chi connectivity index (χ4n) is 1.73. The number of amides is 1. The highest BCUT2D eigenvalue weighted by atomic mass is 19.2. The van der Waals surface area contributed by atoms with E-state index in [2.05, 4.69) is 0 Å². The number of benzene rings is 1. The molecule has 6 heteroatoms. The summed E-state index contributed by atoms with van der Waals surface area (Å²) in [6, 6.07) is 5.12. The predicted molar refractivity (Wildman–Crippen MR) is 65.7 cm³/mol. The lowest BCUT2D eigenvalue weighted by atomic mass is 10.1. The van der Waals surface area contributed by atoms with Crippen LogP contribution in [-0.4, -0.2) is 24.4 Å². The van der Waals surface area contributed by atoms with Crippen molar-refractivity contribution in [3.63, 3.8) is 0 Å². The minimum atomic E-state index is -1.64. The maximum absolute atomic E-state index is 13.5. The van der Waals surface area contributed by atoms with Gasteiger partial charge in [-0.3, -0.25) is 4.79 Å². The average Bonchev–Trinajstić information content (AvgIpc) is 2.95. The van der Waals surface area contributed by atoms with Crippen LogP contribution in [0.5, 0.6) is 0 Å². The monoisotopic (exact) mass is 283 g/mol. The molecule has 3 nitrogen and oxygen atoms in total. The van der Waals surface area contributed by atoms with Gasteiger partial charge in [-0.15, -0.1) is 0 Å². The van der Waals surface area contributed by atoms with Crippen molar-refractivity contribution in [2.75, 3.05) is 13.6 Å². The number of likely N-dealkylation sites (N-methyl/N-ethyl adjacent to an activating group) is 1. The van der Waals surface area contributed by atoms with Gasteiger partial charge in [0, 0.05) is 20.0 Å². The van der Waals surface area contributed by atoms with Crippen LogP contribution in [0.3, 0.4) is 0 Å². The van der Waals surface area contributed by atoms with Crippen molar-refractivity contribution in [1.82, 2.24) is 4.90 Å². The summed E-state index contributed by atoms with van der Waals surface area (Å²) in [5, 5.41) is 0. The van der Waals surface area contributed by atoms with E-state index in [1.165, 1.54) is 18.2 Å². The van der Waals surface area contributed by atoms with Gasteiger partial charge in [0.15, 0.2) is 17.5 Å². The lowest BCUT2D eigenvalue weighted by Crippen LogP contribution is -2.29. The van der Waals surface area contributed by atoms with Gasteiger partial charge >= 0.3 is 0 Å². The predicted octanol–water partition coefficient (Wildman–Crippen LogP) is 3.01. The third-order valence-electron chi connectivity index (χ3n) is 2.89. The van der Waals surface area contributed by atoms with Crippen molar-refractivity contribution >= 4 is 5.91 Å². The van der Waals surface area contributed by atoms with Crippen LogP contribution < -0.4 is 0 Å². The summed E-state index contributed by atoms with van der Waals surface area (Å²) in [4.78, 5) is 13.2. The zero-order valence-electron chi connectivity index (χ0n) is 10.7. The van der Waals surface area contributed by atoms with Crippen LogP contribution >= 0.6 is 0 Å². The zero-order valence-corrected chi connectivity index (χ0v) is 10.7. The molecule has 2 aromatic rings. The molecule has 1 aromatic carbocycles.